The molecular formula is C54H94O12Sn. The van der Waals surface area contributed by atoms with E-state index in [0.29, 0.717) is 32.1 Å². The average Bonchev–Trinajstić information content (AvgIpc) is 3.31. The SMILES string of the molecule is CCCCCCCCCCC[CH2][Sn]([O]C(=O)C=CC(=O)OCCCCCCCCCC)([O]C(=O)C=CC(=O)OCCCCCCCCCC)[O]C(=O)C=CC(=O)OCCCCCCCCCC. The summed E-state index contributed by atoms with van der Waals surface area (Å²) in [5.74, 6) is -5.41. The van der Waals surface area contributed by atoms with E-state index in [2.05, 4.69) is 27.7 Å². The number of hydrogen-bond acceptors (Lipinski definition) is 12. The number of ether oxygens (including phenoxy) is 3. The maximum absolute atomic E-state index is 13.4. The molecule has 0 aliphatic heterocycles. The number of hydrogen-bond donors (Lipinski definition) is 0. The Morgan fingerprint density at radius 2 is 0.463 bits per heavy atom. The van der Waals surface area contributed by atoms with E-state index in [1.54, 1.807) is 0 Å². The third kappa shape index (κ3) is 43.8. The predicted molar refractivity (Wildman–Crippen MR) is 269 cm³/mol. The first kappa shape index (κ1) is 63.8. The van der Waals surface area contributed by atoms with Crippen molar-refractivity contribution in [1.82, 2.24) is 0 Å². The standard InChI is InChI=1S/3C14H24O4.C12H25.Sn/c3*1-2-3-4-5-6-7-8-9-12-18-14(17)11-10-13(15)16;1-3-5-7-9-11-12-10-8-6-4-2;/h3*10-11H,2-9,12H2,1H3,(H,15,16);1,3-12H2,2H3;/q;;;;+3/p-3. The fraction of sp³-hybridized carbons (Fsp3) is 0.778. The van der Waals surface area contributed by atoms with Gasteiger partial charge in [0.05, 0.1) is 0 Å². The van der Waals surface area contributed by atoms with E-state index in [0.717, 1.165) is 120 Å². The molecule has 0 radical (unpaired) electrons. The first-order valence-corrected chi connectivity index (χ1v) is 32.4. The molecule has 0 aromatic heterocycles. The molecule has 0 fully saturated rings. The Balaban J connectivity index is 5.88. The zero-order valence-electron chi connectivity index (χ0n) is 42.7. The van der Waals surface area contributed by atoms with Gasteiger partial charge in [0.15, 0.2) is 0 Å². The summed E-state index contributed by atoms with van der Waals surface area (Å²) in [6.07, 6.45) is 41.4. The number of carbonyl (C=O) groups is 6. The molecule has 0 rings (SSSR count). The van der Waals surface area contributed by atoms with Crippen LogP contribution >= 0.6 is 0 Å². The predicted octanol–water partition coefficient (Wildman–Crippen LogP) is 14.2. The molecule has 67 heavy (non-hydrogen) atoms. The van der Waals surface area contributed by atoms with Gasteiger partial charge in [-0.3, -0.25) is 0 Å². The minimum absolute atomic E-state index is 0.0570. The van der Waals surface area contributed by atoms with Crippen LogP contribution in [0.1, 0.15) is 246 Å². The monoisotopic (exact) mass is 1050 g/mol. The molecule has 0 heterocycles. The summed E-state index contributed by atoms with van der Waals surface area (Å²) in [6.45, 7) is 9.34. The molecule has 0 unspecified atom stereocenters. The molecule has 0 atom stereocenters. The van der Waals surface area contributed by atoms with Gasteiger partial charge in [-0.15, -0.1) is 0 Å². The normalized spacial score (nSPS) is 12.4. The minimum Gasteiger partial charge on any atom is -0.0654 e. The molecule has 386 valence electrons. The van der Waals surface area contributed by atoms with Gasteiger partial charge in [0.2, 0.25) is 0 Å². The van der Waals surface area contributed by atoms with Crippen LogP contribution in [0.25, 0.3) is 0 Å². The van der Waals surface area contributed by atoms with Crippen molar-refractivity contribution in [2.45, 2.75) is 250 Å². The smallest absolute Gasteiger partial charge is 0.0654 e. The van der Waals surface area contributed by atoms with Crippen LogP contribution in [0.2, 0.25) is 4.44 Å². The third-order valence-electron chi connectivity index (χ3n) is 11.4. The van der Waals surface area contributed by atoms with Gasteiger partial charge in [0, 0.05) is 0 Å². The van der Waals surface area contributed by atoms with Crippen molar-refractivity contribution in [2.24, 2.45) is 0 Å². The van der Waals surface area contributed by atoms with Crippen molar-refractivity contribution in [3.8, 4) is 0 Å². The van der Waals surface area contributed by atoms with Gasteiger partial charge in [0.25, 0.3) is 0 Å². The van der Waals surface area contributed by atoms with Crippen molar-refractivity contribution in [3.05, 3.63) is 36.5 Å². The van der Waals surface area contributed by atoms with E-state index < -0.39 is 55.4 Å². The van der Waals surface area contributed by atoms with Crippen LogP contribution in [-0.2, 0) is 52.2 Å². The van der Waals surface area contributed by atoms with E-state index in [1.165, 1.54) is 103 Å². The van der Waals surface area contributed by atoms with Gasteiger partial charge in [0.1, 0.15) is 0 Å². The van der Waals surface area contributed by atoms with Crippen molar-refractivity contribution < 1.29 is 52.2 Å². The Kier molecular flexibility index (Phi) is 45.6. The zero-order valence-corrected chi connectivity index (χ0v) is 45.6. The van der Waals surface area contributed by atoms with E-state index in [9.17, 15) is 28.8 Å². The first-order chi connectivity index (χ1) is 32.6. The average molecular weight is 1050 g/mol. The molecule has 0 aliphatic rings. The molecule has 0 N–H and O–H groups in total. The van der Waals surface area contributed by atoms with Gasteiger partial charge in [-0.2, -0.15) is 0 Å². The Morgan fingerprint density at radius 3 is 0.701 bits per heavy atom. The second kappa shape index (κ2) is 47.9. The summed E-state index contributed by atoms with van der Waals surface area (Å²) in [7, 11) is 0. The van der Waals surface area contributed by atoms with Gasteiger partial charge >= 0.3 is 336 Å². The molecule has 0 aromatic rings. The minimum atomic E-state index is -5.63. The van der Waals surface area contributed by atoms with Crippen LogP contribution in [0.15, 0.2) is 36.5 Å². The number of carbonyl (C=O) groups excluding carboxylic acids is 6. The van der Waals surface area contributed by atoms with Gasteiger partial charge < -0.3 is 0 Å². The van der Waals surface area contributed by atoms with E-state index in [1.807, 2.05) is 0 Å². The second-order valence-corrected chi connectivity index (χ2v) is 24.9. The van der Waals surface area contributed by atoms with Crippen LogP contribution in [-0.4, -0.2) is 75.3 Å². The summed E-state index contributed by atoms with van der Waals surface area (Å²) >= 11 is -5.63. The molecule has 0 spiro atoms. The molecule has 0 amide bonds. The summed E-state index contributed by atoms with van der Waals surface area (Å²) in [5.41, 5.74) is 0. The quantitative estimate of drug-likeness (QED) is 0.0187. The van der Waals surface area contributed by atoms with E-state index in [-0.39, 0.29) is 24.3 Å². The zero-order chi connectivity index (χ0) is 49.3. The molecule has 0 aliphatic carbocycles. The molecule has 0 saturated heterocycles. The summed E-state index contributed by atoms with van der Waals surface area (Å²) in [6, 6.07) is 0. The van der Waals surface area contributed by atoms with E-state index >= 15 is 0 Å². The summed E-state index contributed by atoms with van der Waals surface area (Å²) in [4.78, 5) is 77.6. The van der Waals surface area contributed by atoms with E-state index in [4.69, 9.17) is 23.4 Å². The van der Waals surface area contributed by atoms with Crippen molar-refractivity contribution in [3.63, 3.8) is 0 Å². The number of esters is 3. The van der Waals surface area contributed by atoms with Crippen LogP contribution in [0.4, 0.5) is 0 Å². The Labute approximate surface area is 412 Å². The molecule has 0 bridgehead atoms. The van der Waals surface area contributed by atoms with Gasteiger partial charge in [-0.05, 0) is 0 Å². The third-order valence-corrected chi connectivity index (χ3v) is 18.5. The van der Waals surface area contributed by atoms with Crippen LogP contribution in [0.3, 0.4) is 0 Å². The summed E-state index contributed by atoms with van der Waals surface area (Å²) in [5, 5.41) is 0. The maximum atomic E-state index is 13.4. The van der Waals surface area contributed by atoms with Crippen LogP contribution in [0.5, 0.6) is 0 Å². The Bertz CT molecular complexity index is 1220. The second-order valence-electron chi connectivity index (χ2n) is 17.8. The molecule has 13 heteroatoms. The Hall–Kier alpha value is -3.16. The molecule has 0 saturated carbocycles. The van der Waals surface area contributed by atoms with Gasteiger partial charge in [-0.1, -0.05) is 78.6 Å². The van der Waals surface area contributed by atoms with Crippen LogP contribution < -0.4 is 0 Å². The van der Waals surface area contributed by atoms with Gasteiger partial charge in [-0.25, -0.2) is 0 Å². The van der Waals surface area contributed by atoms with Crippen molar-refractivity contribution >= 4 is 55.4 Å². The van der Waals surface area contributed by atoms with Crippen molar-refractivity contribution in [1.29, 1.82) is 0 Å². The molecule has 0 aromatic carbocycles. The summed E-state index contributed by atoms with van der Waals surface area (Å²) < 4.78 is 33.1. The first-order valence-electron chi connectivity index (χ1n) is 26.8. The topological polar surface area (TPSA) is 158 Å². The number of unbranched alkanes of at least 4 members (excludes halogenated alkanes) is 30. The van der Waals surface area contributed by atoms with Crippen LogP contribution in [0, 0.1) is 0 Å². The Morgan fingerprint density at radius 1 is 0.269 bits per heavy atom. The number of rotatable bonds is 47. The molecular weight excluding hydrogens is 959 g/mol. The van der Waals surface area contributed by atoms with Crippen molar-refractivity contribution in [2.75, 3.05) is 19.8 Å². The fourth-order valence-electron chi connectivity index (χ4n) is 7.39. The fourth-order valence-corrected chi connectivity index (χ4v) is 13.8. The molecule has 12 nitrogen and oxygen atoms in total.